The predicted octanol–water partition coefficient (Wildman–Crippen LogP) is 1.03. The standard InChI is InChI=1S/C12H16N2O/c1-2-9-5-3-4-6-11(9)12(15)14-7-10(13)8-14/h3-6,10H,2,7-8,13H2,1H3. The summed E-state index contributed by atoms with van der Waals surface area (Å²) in [4.78, 5) is 13.8. The molecule has 0 saturated carbocycles. The third-order valence-electron chi connectivity index (χ3n) is 2.83. The van der Waals surface area contributed by atoms with Crippen molar-refractivity contribution in [2.45, 2.75) is 19.4 Å². The summed E-state index contributed by atoms with van der Waals surface area (Å²) in [5.74, 6) is 0.120. The zero-order valence-corrected chi connectivity index (χ0v) is 8.94. The SMILES string of the molecule is CCc1ccccc1C(=O)N1CC(N)C1. The molecule has 1 amide bonds. The molecule has 0 spiro atoms. The predicted molar refractivity (Wildman–Crippen MR) is 59.7 cm³/mol. The maximum Gasteiger partial charge on any atom is 0.254 e. The van der Waals surface area contributed by atoms with Gasteiger partial charge in [0.25, 0.3) is 5.91 Å². The van der Waals surface area contributed by atoms with E-state index in [1.807, 2.05) is 24.3 Å². The highest BCUT2D eigenvalue weighted by atomic mass is 16.2. The highest BCUT2D eigenvalue weighted by Crippen LogP contribution is 2.16. The lowest BCUT2D eigenvalue weighted by molar-refractivity contribution is 0.0607. The molecule has 0 unspecified atom stereocenters. The number of carbonyl (C=O) groups is 1. The average molecular weight is 204 g/mol. The molecule has 1 heterocycles. The number of carbonyl (C=O) groups excluding carboxylic acids is 1. The molecular weight excluding hydrogens is 188 g/mol. The Morgan fingerprint density at radius 2 is 2.13 bits per heavy atom. The van der Waals surface area contributed by atoms with Crippen LogP contribution in [0.3, 0.4) is 0 Å². The Morgan fingerprint density at radius 1 is 1.47 bits per heavy atom. The highest BCUT2D eigenvalue weighted by Gasteiger charge is 2.28. The van der Waals surface area contributed by atoms with Gasteiger partial charge in [-0.05, 0) is 18.1 Å². The quantitative estimate of drug-likeness (QED) is 0.782. The van der Waals surface area contributed by atoms with E-state index >= 15 is 0 Å². The van der Waals surface area contributed by atoms with E-state index in [1.165, 1.54) is 0 Å². The lowest BCUT2D eigenvalue weighted by atomic mass is 10.0. The molecule has 0 bridgehead atoms. The molecule has 15 heavy (non-hydrogen) atoms. The maximum atomic E-state index is 12.0. The second-order valence-corrected chi connectivity index (χ2v) is 3.98. The molecule has 0 atom stereocenters. The van der Waals surface area contributed by atoms with Gasteiger partial charge in [-0.25, -0.2) is 0 Å². The van der Waals surface area contributed by atoms with Crippen molar-refractivity contribution in [3.63, 3.8) is 0 Å². The van der Waals surface area contributed by atoms with Crippen LogP contribution in [0.4, 0.5) is 0 Å². The summed E-state index contributed by atoms with van der Waals surface area (Å²) in [6, 6.07) is 7.95. The van der Waals surface area contributed by atoms with E-state index in [9.17, 15) is 4.79 Å². The van der Waals surface area contributed by atoms with Gasteiger partial charge in [-0.1, -0.05) is 25.1 Å². The van der Waals surface area contributed by atoms with Gasteiger partial charge < -0.3 is 10.6 Å². The summed E-state index contributed by atoms with van der Waals surface area (Å²) in [6.07, 6.45) is 0.891. The van der Waals surface area contributed by atoms with Crippen molar-refractivity contribution in [3.8, 4) is 0 Å². The number of hydrogen-bond donors (Lipinski definition) is 1. The molecule has 1 aromatic rings. The molecule has 0 aliphatic carbocycles. The van der Waals surface area contributed by atoms with Crippen molar-refractivity contribution < 1.29 is 4.79 Å². The minimum atomic E-state index is 0.120. The lowest BCUT2D eigenvalue weighted by Gasteiger charge is -2.37. The lowest BCUT2D eigenvalue weighted by Crippen LogP contribution is -2.57. The Labute approximate surface area is 89.9 Å². The van der Waals surface area contributed by atoms with Crippen molar-refractivity contribution in [2.75, 3.05) is 13.1 Å². The van der Waals surface area contributed by atoms with Gasteiger partial charge in [0, 0.05) is 24.7 Å². The molecule has 1 aromatic carbocycles. The highest BCUT2D eigenvalue weighted by molar-refractivity contribution is 5.96. The Morgan fingerprint density at radius 3 is 2.73 bits per heavy atom. The Kier molecular flexibility index (Phi) is 2.73. The molecule has 3 nitrogen and oxygen atoms in total. The molecule has 0 aromatic heterocycles. The van der Waals surface area contributed by atoms with E-state index in [0.29, 0.717) is 13.1 Å². The summed E-state index contributed by atoms with van der Waals surface area (Å²) in [5, 5.41) is 0. The van der Waals surface area contributed by atoms with Crippen LogP contribution in [0.1, 0.15) is 22.8 Å². The Bertz CT molecular complexity index is 370. The normalized spacial score (nSPS) is 16.3. The first-order valence-electron chi connectivity index (χ1n) is 5.35. The molecule has 2 rings (SSSR count). The minimum absolute atomic E-state index is 0.120. The summed E-state index contributed by atoms with van der Waals surface area (Å²) in [7, 11) is 0. The van der Waals surface area contributed by atoms with Gasteiger partial charge in [-0.3, -0.25) is 4.79 Å². The van der Waals surface area contributed by atoms with E-state index in [4.69, 9.17) is 5.73 Å². The second-order valence-electron chi connectivity index (χ2n) is 3.98. The molecule has 1 aliphatic heterocycles. The molecule has 80 valence electrons. The molecule has 2 N–H and O–H groups in total. The largest absolute Gasteiger partial charge is 0.335 e. The van der Waals surface area contributed by atoms with Crippen LogP contribution in [-0.2, 0) is 6.42 Å². The molecule has 0 radical (unpaired) electrons. The van der Waals surface area contributed by atoms with Gasteiger partial charge in [-0.2, -0.15) is 0 Å². The molecular formula is C12H16N2O. The van der Waals surface area contributed by atoms with Crippen LogP contribution in [0.5, 0.6) is 0 Å². The Balaban J connectivity index is 2.18. The first-order valence-corrected chi connectivity index (χ1v) is 5.35. The van der Waals surface area contributed by atoms with Gasteiger partial charge in [0.15, 0.2) is 0 Å². The van der Waals surface area contributed by atoms with Crippen molar-refractivity contribution >= 4 is 5.91 Å². The molecule has 1 saturated heterocycles. The number of rotatable bonds is 2. The molecule has 1 fully saturated rings. The van der Waals surface area contributed by atoms with Crippen molar-refractivity contribution in [3.05, 3.63) is 35.4 Å². The number of nitrogens with two attached hydrogens (primary N) is 1. The maximum absolute atomic E-state index is 12.0. The summed E-state index contributed by atoms with van der Waals surface area (Å²) >= 11 is 0. The topological polar surface area (TPSA) is 46.3 Å². The van der Waals surface area contributed by atoms with Crippen LogP contribution in [0.2, 0.25) is 0 Å². The van der Waals surface area contributed by atoms with Gasteiger partial charge in [0.2, 0.25) is 0 Å². The van der Waals surface area contributed by atoms with Crippen LogP contribution in [0, 0.1) is 0 Å². The van der Waals surface area contributed by atoms with Crippen LogP contribution in [0.15, 0.2) is 24.3 Å². The minimum Gasteiger partial charge on any atom is -0.335 e. The number of likely N-dealkylation sites (tertiary alicyclic amines) is 1. The van der Waals surface area contributed by atoms with E-state index in [1.54, 1.807) is 4.90 Å². The van der Waals surface area contributed by atoms with Crippen molar-refractivity contribution in [1.82, 2.24) is 4.90 Å². The first-order chi connectivity index (χ1) is 7.22. The van der Waals surface area contributed by atoms with E-state index in [2.05, 4.69) is 6.92 Å². The van der Waals surface area contributed by atoms with Crippen LogP contribution in [-0.4, -0.2) is 29.9 Å². The molecule has 1 aliphatic rings. The van der Waals surface area contributed by atoms with Gasteiger partial charge in [0.05, 0.1) is 0 Å². The smallest absolute Gasteiger partial charge is 0.254 e. The van der Waals surface area contributed by atoms with E-state index < -0.39 is 0 Å². The summed E-state index contributed by atoms with van der Waals surface area (Å²) in [5.41, 5.74) is 7.60. The van der Waals surface area contributed by atoms with Gasteiger partial charge >= 0.3 is 0 Å². The zero-order valence-electron chi connectivity index (χ0n) is 8.94. The van der Waals surface area contributed by atoms with Gasteiger partial charge in [0.1, 0.15) is 0 Å². The number of nitrogens with zero attached hydrogens (tertiary/aromatic N) is 1. The average Bonchev–Trinajstić information content (AvgIpc) is 2.24. The fourth-order valence-electron chi connectivity index (χ4n) is 1.89. The van der Waals surface area contributed by atoms with Crippen molar-refractivity contribution in [1.29, 1.82) is 0 Å². The third kappa shape index (κ3) is 1.88. The van der Waals surface area contributed by atoms with Crippen molar-refractivity contribution in [2.24, 2.45) is 5.73 Å². The fourth-order valence-corrected chi connectivity index (χ4v) is 1.89. The van der Waals surface area contributed by atoms with E-state index in [0.717, 1.165) is 17.5 Å². The summed E-state index contributed by atoms with van der Waals surface area (Å²) in [6.45, 7) is 3.45. The van der Waals surface area contributed by atoms with Crippen LogP contribution in [0.25, 0.3) is 0 Å². The van der Waals surface area contributed by atoms with Crippen LogP contribution < -0.4 is 5.73 Å². The number of aryl methyl sites for hydroxylation is 1. The monoisotopic (exact) mass is 204 g/mol. The van der Waals surface area contributed by atoms with E-state index in [-0.39, 0.29) is 11.9 Å². The summed E-state index contributed by atoms with van der Waals surface area (Å²) < 4.78 is 0. The van der Waals surface area contributed by atoms with Gasteiger partial charge in [-0.15, -0.1) is 0 Å². The fraction of sp³-hybridized carbons (Fsp3) is 0.417. The Hall–Kier alpha value is -1.35. The third-order valence-corrected chi connectivity index (χ3v) is 2.83. The second kappa shape index (κ2) is 4.03. The zero-order chi connectivity index (χ0) is 10.8. The number of benzene rings is 1. The number of hydrogen-bond acceptors (Lipinski definition) is 2. The van der Waals surface area contributed by atoms with Crippen LogP contribution >= 0.6 is 0 Å². The first kappa shape index (κ1) is 10.2. The molecule has 3 heteroatoms. The number of amides is 1.